The summed E-state index contributed by atoms with van der Waals surface area (Å²) in [4.78, 5) is 24.6. The molecule has 0 spiro atoms. The smallest absolute Gasteiger partial charge is 0.279 e. The Morgan fingerprint density at radius 1 is 1.15 bits per heavy atom. The number of benzene rings is 2. The second kappa shape index (κ2) is 9.22. The Balaban J connectivity index is 2.02. The number of quaternary nitrogens is 1. The van der Waals surface area contributed by atoms with Crippen LogP contribution in [-0.2, 0) is 16.1 Å². The number of hydrogen-bond acceptors (Lipinski definition) is 3. The Bertz CT molecular complexity index is 795. The second-order valence-corrected chi connectivity index (χ2v) is 6.45. The van der Waals surface area contributed by atoms with Crippen molar-refractivity contribution >= 4 is 34.8 Å². The lowest BCUT2D eigenvalue weighted by Gasteiger charge is -2.16. The highest BCUT2D eigenvalue weighted by Crippen LogP contribution is 2.27. The third-order valence-corrected chi connectivity index (χ3v) is 4.08. The fraction of sp³-hybridized carbons (Fsp3) is 0.263. The van der Waals surface area contributed by atoms with Gasteiger partial charge < -0.3 is 20.3 Å². The molecule has 0 aliphatic heterocycles. The van der Waals surface area contributed by atoms with Gasteiger partial charge in [0.1, 0.15) is 12.3 Å². The molecule has 3 N–H and O–H groups in total. The molecule has 0 heterocycles. The van der Waals surface area contributed by atoms with E-state index in [0.29, 0.717) is 28.7 Å². The first kappa shape index (κ1) is 19.8. The van der Waals surface area contributed by atoms with Crippen LogP contribution in [0.3, 0.4) is 0 Å². The number of rotatable bonds is 7. The van der Waals surface area contributed by atoms with Crippen LogP contribution in [0.25, 0.3) is 0 Å². The number of amides is 2. The van der Waals surface area contributed by atoms with Crippen LogP contribution in [0.2, 0.25) is 5.02 Å². The van der Waals surface area contributed by atoms with Crippen LogP contribution in [0.1, 0.15) is 12.5 Å². The molecular formula is C19H23ClN3O3+. The van der Waals surface area contributed by atoms with Crippen molar-refractivity contribution in [2.24, 2.45) is 0 Å². The Labute approximate surface area is 158 Å². The van der Waals surface area contributed by atoms with Crippen LogP contribution in [0.5, 0.6) is 5.75 Å². The average Bonchev–Trinajstić information content (AvgIpc) is 2.56. The summed E-state index contributed by atoms with van der Waals surface area (Å²) in [6.45, 7) is 2.32. The van der Waals surface area contributed by atoms with Gasteiger partial charge in [-0.2, -0.15) is 0 Å². The third kappa shape index (κ3) is 5.75. The van der Waals surface area contributed by atoms with E-state index in [0.717, 1.165) is 10.5 Å². The third-order valence-electron chi connectivity index (χ3n) is 3.71. The number of anilines is 2. The zero-order valence-electron chi connectivity index (χ0n) is 15.1. The first-order valence-electron chi connectivity index (χ1n) is 8.19. The number of halogens is 1. The summed E-state index contributed by atoms with van der Waals surface area (Å²) in [6, 6.07) is 12.7. The fourth-order valence-electron chi connectivity index (χ4n) is 2.58. The highest BCUT2D eigenvalue weighted by molar-refractivity contribution is 6.31. The summed E-state index contributed by atoms with van der Waals surface area (Å²) in [5.74, 6) is 0.181. The van der Waals surface area contributed by atoms with Gasteiger partial charge in [-0.05, 0) is 24.3 Å². The van der Waals surface area contributed by atoms with Crippen molar-refractivity contribution in [1.82, 2.24) is 0 Å². The van der Waals surface area contributed by atoms with Crippen LogP contribution in [0.4, 0.5) is 11.4 Å². The molecule has 1 atom stereocenters. The lowest BCUT2D eigenvalue weighted by Crippen LogP contribution is -3.08. The van der Waals surface area contributed by atoms with Crippen LogP contribution >= 0.6 is 11.6 Å². The number of carbonyl (C=O) groups is 2. The van der Waals surface area contributed by atoms with Crippen LogP contribution in [0, 0.1) is 0 Å². The van der Waals surface area contributed by atoms with E-state index in [4.69, 9.17) is 16.3 Å². The number of carbonyl (C=O) groups excluding carboxylic acids is 2. The molecule has 0 aliphatic rings. The molecule has 0 saturated heterocycles. The number of methoxy groups -OCH3 is 1. The molecule has 2 amide bonds. The van der Waals surface area contributed by atoms with Crippen LogP contribution in [-0.4, -0.2) is 32.5 Å². The Kier molecular flexibility index (Phi) is 7.00. The minimum atomic E-state index is -0.184. The minimum Gasteiger partial charge on any atom is -0.495 e. The molecule has 2 aromatic rings. The van der Waals surface area contributed by atoms with Crippen molar-refractivity contribution in [3.05, 3.63) is 53.1 Å². The van der Waals surface area contributed by atoms with Crippen molar-refractivity contribution in [3.8, 4) is 5.75 Å². The maximum absolute atomic E-state index is 12.4. The first-order valence-corrected chi connectivity index (χ1v) is 8.57. The van der Waals surface area contributed by atoms with Gasteiger partial charge in [0, 0.05) is 23.2 Å². The molecule has 1 unspecified atom stereocenters. The molecule has 2 aromatic carbocycles. The predicted octanol–water partition coefficient (Wildman–Crippen LogP) is 1.96. The number of hydrogen-bond donors (Lipinski definition) is 3. The van der Waals surface area contributed by atoms with Crippen molar-refractivity contribution in [2.45, 2.75) is 13.5 Å². The summed E-state index contributed by atoms with van der Waals surface area (Å²) < 4.78 is 5.27. The molecule has 0 aliphatic carbocycles. The van der Waals surface area contributed by atoms with E-state index in [9.17, 15) is 9.59 Å². The summed E-state index contributed by atoms with van der Waals surface area (Å²) in [5, 5.41) is 6.21. The minimum absolute atomic E-state index is 0.159. The predicted molar refractivity (Wildman–Crippen MR) is 103 cm³/mol. The number of ether oxygens (including phenoxy) is 1. The Hall–Kier alpha value is -2.57. The maximum atomic E-state index is 12.4. The summed E-state index contributed by atoms with van der Waals surface area (Å²) in [6.07, 6.45) is 0. The van der Waals surface area contributed by atoms with Gasteiger partial charge in [-0.25, -0.2) is 0 Å². The monoisotopic (exact) mass is 376 g/mol. The van der Waals surface area contributed by atoms with Crippen molar-refractivity contribution in [1.29, 1.82) is 0 Å². The fourth-order valence-corrected chi connectivity index (χ4v) is 2.79. The molecule has 0 aromatic heterocycles. The lowest BCUT2D eigenvalue weighted by molar-refractivity contribution is -0.885. The molecule has 0 radical (unpaired) electrons. The summed E-state index contributed by atoms with van der Waals surface area (Å²) in [7, 11) is 3.45. The Morgan fingerprint density at radius 2 is 1.88 bits per heavy atom. The van der Waals surface area contributed by atoms with Gasteiger partial charge in [0.15, 0.2) is 6.54 Å². The maximum Gasteiger partial charge on any atom is 0.279 e. The molecule has 138 valence electrons. The first-order chi connectivity index (χ1) is 12.4. The lowest BCUT2D eigenvalue weighted by atomic mass is 10.2. The van der Waals surface area contributed by atoms with Crippen molar-refractivity contribution < 1.29 is 19.2 Å². The Morgan fingerprint density at radius 3 is 2.54 bits per heavy atom. The molecule has 6 nitrogen and oxygen atoms in total. The largest absolute Gasteiger partial charge is 0.495 e. The van der Waals surface area contributed by atoms with Gasteiger partial charge in [0.25, 0.3) is 5.91 Å². The molecule has 2 rings (SSSR count). The highest BCUT2D eigenvalue weighted by Gasteiger charge is 2.15. The molecule has 7 heteroatoms. The van der Waals surface area contributed by atoms with E-state index in [2.05, 4.69) is 10.6 Å². The average molecular weight is 377 g/mol. The molecule has 0 bridgehead atoms. The zero-order valence-corrected chi connectivity index (χ0v) is 15.8. The standard InChI is InChI=1S/C19H22ClN3O3/c1-13(24)21-15-8-9-18(26-3)17(10-15)22-19(25)12-23(2)11-14-6-4-5-7-16(14)20/h4-10H,11-12H2,1-3H3,(H,21,24)(H,22,25)/p+1. The van der Waals surface area contributed by atoms with E-state index >= 15 is 0 Å². The quantitative estimate of drug-likeness (QED) is 0.691. The van der Waals surface area contributed by atoms with Crippen LogP contribution < -0.4 is 20.3 Å². The van der Waals surface area contributed by atoms with Gasteiger partial charge in [0.2, 0.25) is 5.91 Å². The topological polar surface area (TPSA) is 71.9 Å². The van der Waals surface area contributed by atoms with Crippen molar-refractivity contribution in [3.63, 3.8) is 0 Å². The van der Waals surface area contributed by atoms with E-state index in [1.807, 2.05) is 31.3 Å². The van der Waals surface area contributed by atoms with Gasteiger partial charge >= 0.3 is 0 Å². The number of likely N-dealkylation sites (N-methyl/N-ethyl adjacent to an activating group) is 1. The van der Waals surface area contributed by atoms with E-state index in [-0.39, 0.29) is 18.4 Å². The summed E-state index contributed by atoms with van der Waals surface area (Å²) >= 11 is 6.17. The van der Waals surface area contributed by atoms with Crippen LogP contribution in [0.15, 0.2) is 42.5 Å². The van der Waals surface area contributed by atoms with Crippen molar-refractivity contribution in [2.75, 3.05) is 31.3 Å². The summed E-state index contributed by atoms with van der Waals surface area (Å²) in [5.41, 5.74) is 2.09. The van der Waals surface area contributed by atoms with E-state index in [1.165, 1.54) is 14.0 Å². The van der Waals surface area contributed by atoms with E-state index < -0.39 is 0 Å². The zero-order chi connectivity index (χ0) is 19.1. The SMILES string of the molecule is COc1ccc(NC(C)=O)cc1NC(=O)C[NH+](C)Cc1ccccc1Cl. The molecule has 0 fully saturated rings. The molecule has 26 heavy (non-hydrogen) atoms. The number of nitrogens with one attached hydrogen (secondary N) is 3. The van der Waals surface area contributed by atoms with Gasteiger partial charge in [-0.1, -0.05) is 29.8 Å². The van der Waals surface area contributed by atoms with Gasteiger partial charge in [-0.3, -0.25) is 9.59 Å². The van der Waals surface area contributed by atoms with Gasteiger partial charge in [-0.15, -0.1) is 0 Å². The molecule has 0 saturated carbocycles. The van der Waals surface area contributed by atoms with Gasteiger partial charge in [0.05, 0.1) is 19.8 Å². The normalized spacial score (nSPS) is 11.5. The molecular weight excluding hydrogens is 354 g/mol. The van der Waals surface area contributed by atoms with E-state index in [1.54, 1.807) is 18.2 Å². The highest BCUT2D eigenvalue weighted by atomic mass is 35.5. The second-order valence-electron chi connectivity index (χ2n) is 6.05.